The summed E-state index contributed by atoms with van der Waals surface area (Å²) in [5.74, 6) is 0.322. The van der Waals surface area contributed by atoms with Gasteiger partial charge in [-0.25, -0.2) is 0 Å². The van der Waals surface area contributed by atoms with Crippen molar-refractivity contribution in [3.63, 3.8) is 0 Å². The molecule has 0 spiro atoms. The van der Waals surface area contributed by atoms with E-state index in [0.29, 0.717) is 19.4 Å². The van der Waals surface area contributed by atoms with Gasteiger partial charge in [-0.2, -0.15) is 0 Å². The lowest BCUT2D eigenvalue weighted by atomic mass is 9.97. The van der Waals surface area contributed by atoms with Crippen LogP contribution >= 0.6 is 0 Å². The SMILES string of the molecule is O=C(CC1CNc2ccccc21)NCCCO. The first-order valence-corrected chi connectivity index (χ1v) is 6.01. The van der Waals surface area contributed by atoms with E-state index in [1.54, 1.807) is 0 Å². The molecule has 0 bridgehead atoms. The van der Waals surface area contributed by atoms with Gasteiger partial charge in [0.25, 0.3) is 0 Å². The van der Waals surface area contributed by atoms with Gasteiger partial charge in [-0.3, -0.25) is 4.79 Å². The van der Waals surface area contributed by atoms with E-state index in [2.05, 4.69) is 16.7 Å². The van der Waals surface area contributed by atoms with Gasteiger partial charge >= 0.3 is 0 Å². The molecule has 0 aromatic heterocycles. The van der Waals surface area contributed by atoms with Crippen molar-refractivity contribution in [2.75, 3.05) is 25.0 Å². The first-order valence-electron chi connectivity index (χ1n) is 6.01. The molecule has 1 aliphatic heterocycles. The number of hydrogen-bond donors (Lipinski definition) is 3. The second kappa shape index (κ2) is 5.68. The molecular formula is C13H18N2O2. The standard InChI is InChI=1S/C13H18N2O2/c16-7-3-6-14-13(17)8-10-9-15-12-5-2-1-4-11(10)12/h1-2,4-5,10,15-16H,3,6-9H2,(H,14,17). The maximum Gasteiger partial charge on any atom is 0.220 e. The van der Waals surface area contributed by atoms with E-state index in [1.807, 2.05) is 18.2 Å². The number of para-hydroxylation sites is 1. The highest BCUT2D eigenvalue weighted by atomic mass is 16.3. The topological polar surface area (TPSA) is 61.4 Å². The minimum absolute atomic E-state index is 0.0574. The predicted octanol–water partition coefficient (Wildman–Crippen LogP) is 1.08. The minimum atomic E-state index is 0.0574. The van der Waals surface area contributed by atoms with Crippen LogP contribution in [0, 0.1) is 0 Å². The average Bonchev–Trinajstić information content (AvgIpc) is 2.73. The maximum absolute atomic E-state index is 11.7. The zero-order valence-corrected chi connectivity index (χ0v) is 9.78. The Morgan fingerprint density at radius 3 is 3.12 bits per heavy atom. The summed E-state index contributed by atoms with van der Waals surface area (Å²) >= 11 is 0. The van der Waals surface area contributed by atoms with Crippen LogP contribution in [0.15, 0.2) is 24.3 Å². The molecule has 2 rings (SSSR count). The highest BCUT2D eigenvalue weighted by Gasteiger charge is 2.23. The zero-order chi connectivity index (χ0) is 12.1. The van der Waals surface area contributed by atoms with Crippen molar-refractivity contribution in [3.05, 3.63) is 29.8 Å². The molecule has 1 heterocycles. The quantitative estimate of drug-likeness (QED) is 0.668. The molecule has 3 N–H and O–H groups in total. The Kier molecular flexibility index (Phi) is 3.98. The van der Waals surface area contributed by atoms with E-state index in [0.717, 1.165) is 12.2 Å². The molecular weight excluding hydrogens is 216 g/mol. The van der Waals surface area contributed by atoms with Crippen LogP contribution in [0.2, 0.25) is 0 Å². The molecule has 1 unspecified atom stereocenters. The number of fused-ring (bicyclic) bond motifs is 1. The van der Waals surface area contributed by atoms with Gasteiger partial charge in [0.05, 0.1) is 0 Å². The van der Waals surface area contributed by atoms with Crippen LogP contribution in [0.3, 0.4) is 0 Å². The number of benzene rings is 1. The summed E-state index contributed by atoms with van der Waals surface area (Å²) in [4.78, 5) is 11.7. The Morgan fingerprint density at radius 2 is 2.29 bits per heavy atom. The van der Waals surface area contributed by atoms with Gasteiger partial charge in [0.15, 0.2) is 0 Å². The number of amides is 1. The Labute approximate surface area is 101 Å². The Bertz CT molecular complexity index is 393. The summed E-state index contributed by atoms with van der Waals surface area (Å²) in [6, 6.07) is 8.11. The molecule has 0 saturated carbocycles. The van der Waals surface area contributed by atoms with Crippen LogP contribution in [-0.4, -0.2) is 30.7 Å². The summed E-state index contributed by atoms with van der Waals surface area (Å²) in [6.07, 6.45) is 1.13. The fourth-order valence-corrected chi connectivity index (χ4v) is 2.14. The van der Waals surface area contributed by atoms with Gasteiger partial charge in [-0.15, -0.1) is 0 Å². The van der Waals surface area contributed by atoms with Crippen molar-refractivity contribution in [2.45, 2.75) is 18.8 Å². The normalized spacial score (nSPS) is 17.4. The monoisotopic (exact) mass is 234 g/mol. The molecule has 17 heavy (non-hydrogen) atoms. The molecule has 4 heteroatoms. The molecule has 1 aromatic carbocycles. The van der Waals surface area contributed by atoms with E-state index in [9.17, 15) is 4.79 Å². The number of carbonyl (C=O) groups excluding carboxylic acids is 1. The third-order valence-corrected chi connectivity index (χ3v) is 3.03. The highest BCUT2D eigenvalue weighted by Crippen LogP contribution is 2.32. The maximum atomic E-state index is 11.7. The number of anilines is 1. The Morgan fingerprint density at radius 1 is 1.47 bits per heavy atom. The number of nitrogens with one attached hydrogen (secondary N) is 2. The van der Waals surface area contributed by atoms with Crippen LogP contribution in [0.25, 0.3) is 0 Å². The number of hydrogen-bond acceptors (Lipinski definition) is 3. The number of carbonyl (C=O) groups is 1. The number of aliphatic hydroxyl groups is 1. The summed E-state index contributed by atoms with van der Waals surface area (Å²) in [5, 5.41) is 14.7. The molecule has 1 aliphatic rings. The van der Waals surface area contributed by atoms with Crippen LogP contribution in [0.4, 0.5) is 5.69 Å². The van der Waals surface area contributed by atoms with Gasteiger partial charge in [-0.1, -0.05) is 18.2 Å². The number of rotatable bonds is 5. The van der Waals surface area contributed by atoms with Crippen LogP contribution in [0.5, 0.6) is 0 Å². The van der Waals surface area contributed by atoms with Crippen molar-refractivity contribution < 1.29 is 9.90 Å². The third kappa shape index (κ3) is 2.97. The van der Waals surface area contributed by atoms with E-state index in [1.165, 1.54) is 5.56 Å². The van der Waals surface area contributed by atoms with Gasteiger partial charge in [-0.05, 0) is 18.1 Å². The summed E-state index contributed by atoms with van der Waals surface area (Å²) in [7, 11) is 0. The minimum Gasteiger partial charge on any atom is -0.396 e. The molecule has 1 atom stereocenters. The Balaban J connectivity index is 1.87. The molecule has 0 radical (unpaired) electrons. The summed E-state index contributed by atoms with van der Waals surface area (Å²) in [6.45, 7) is 1.50. The van der Waals surface area contributed by atoms with Gasteiger partial charge < -0.3 is 15.7 Å². The summed E-state index contributed by atoms with van der Waals surface area (Å²) in [5.41, 5.74) is 2.37. The first kappa shape index (κ1) is 11.9. The predicted molar refractivity (Wildman–Crippen MR) is 67.0 cm³/mol. The molecule has 0 fully saturated rings. The van der Waals surface area contributed by atoms with Gasteiger partial charge in [0.2, 0.25) is 5.91 Å². The largest absolute Gasteiger partial charge is 0.396 e. The molecule has 4 nitrogen and oxygen atoms in total. The van der Waals surface area contributed by atoms with Crippen molar-refractivity contribution in [2.24, 2.45) is 0 Å². The van der Waals surface area contributed by atoms with E-state index < -0.39 is 0 Å². The summed E-state index contributed by atoms with van der Waals surface area (Å²) < 4.78 is 0. The van der Waals surface area contributed by atoms with E-state index >= 15 is 0 Å². The molecule has 0 saturated heterocycles. The lowest BCUT2D eigenvalue weighted by Gasteiger charge is -2.10. The van der Waals surface area contributed by atoms with Crippen molar-refractivity contribution in [1.82, 2.24) is 5.32 Å². The van der Waals surface area contributed by atoms with Gasteiger partial charge in [0.1, 0.15) is 0 Å². The fraction of sp³-hybridized carbons (Fsp3) is 0.462. The smallest absolute Gasteiger partial charge is 0.220 e. The van der Waals surface area contributed by atoms with Gasteiger partial charge in [0, 0.05) is 37.7 Å². The Hall–Kier alpha value is -1.55. The fourth-order valence-electron chi connectivity index (χ4n) is 2.14. The van der Waals surface area contributed by atoms with Crippen molar-refractivity contribution in [3.8, 4) is 0 Å². The third-order valence-electron chi connectivity index (χ3n) is 3.03. The zero-order valence-electron chi connectivity index (χ0n) is 9.78. The van der Waals surface area contributed by atoms with Crippen LogP contribution < -0.4 is 10.6 Å². The molecule has 92 valence electrons. The first-order chi connectivity index (χ1) is 8.31. The van der Waals surface area contributed by atoms with Crippen LogP contribution in [-0.2, 0) is 4.79 Å². The average molecular weight is 234 g/mol. The second-order valence-corrected chi connectivity index (χ2v) is 4.30. The van der Waals surface area contributed by atoms with Crippen molar-refractivity contribution >= 4 is 11.6 Å². The second-order valence-electron chi connectivity index (χ2n) is 4.30. The van der Waals surface area contributed by atoms with Crippen LogP contribution in [0.1, 0.15) is 24.3 Å². The van der Waals surface area contributed by atoms with E-state index in [4.69, 9.17) is 5.11 Å². The molecule has 0 aliphatic carbocycles. The van der Waals surface area contributed by atoms with E-state index in [-0.39, 0.29) is 18.4 Å². The number of aliphatic hydroxyl groups excluding tert-OH is 1. The lowest BCUT2D eigenvalue weighted by Crippen LogP contribution is -2.26. The lowest BCUT2D eigenvalue weighted by molar-refractivity contribution is -0.121. The highest BCUT2D eigenvalue weighted by molar-refractivity contribution is 5.78. The van der Waals surface area contributed by atoms with Crippen molar-refractivity contribution in [1.29, 1.82) is 0 Å². The molecule has 1 amide bonds. The molecule has 1 aromatic rings.